The molecule has 1 atom stereocenters. The molecule has 0 aliphatic heterocycles. The molecule has 0 radical (unpaired) electrons. The summed E-state index contributed by atoms with van der Waals surface area (Å²) in [6.45, 7) is 1.16. The lowest BCUT2D eigenvalue weighted by atomic mass is 9.95. The Hall–Kier alpha value is -3.76. The molecule has 4 rings (SSSR count). The Balaban J connectivity index is 1.71. The average Bonchev–Trinajstić information content (AvgIpc) is 3.02. The van der Waals surface area contributed by atoms with Crippen LogP contribution in [0.15, 0.2) is 77.7 Å². The van der Waals surface area contributed by atoms with Gasteiger partial charge in [0.15, 0.2) is 11.5 Å². The predicted molar refractivity (Wildman–Crippen MR) is 167 cm³/mol. The van der Waals surface area contributed by atoms with E-state index < -0.39 is 28.5 Å². The number of hydrogen-bond acceptors (Lipinski definition) is 6. The molecule has 230 valence electrons. The van der Waals surface area contributed by atoms with Crippen LogP contribution < -0.4 is 19.1 Å². The Morgan fingerprint density at radius 3 is 2.28 bits per heavy atom. The summed E-state index contributed by atoms with van der Waals surface area (Å²) in [6, 6.07) is 18.7. The van der Waals surface area contributed by atoms with E-state index in [0.29, 0.717) is 22.1 Å². The molecule has 0 spiro atoms. The topological polar surface area (TPSA) is 105 Å². The highest BCUT2D eigenvalue weighted by molar-refractivity contribution is 7.92. The van der Waals surface area contributed by atoms with Crippen molar-refractivity contribution in [3.63, 3.8) is 0 Å². The number of nitrogens with zero attached hydrogens (tertiary/aromatic N) is 2. The maximum atomic E-state index is 14.2. The first-order valence-electron chi connectivity index (χ1n) is 14.3. The van der Waals surface area contributed by atoms with Gasteiger partial charge >= 0.3 is 0 Å². The minimum absolute atomic E-state index is 0.0158. The first kappa shape index (κ1) is 32.2. The van der Waals surface area contributed by atoms with Crippen molar-refractivity contribution in [3.05, 3.63) is 83.4 Å². The summed E-state index contributed by atoms with van der Waals surface area (Å²) >= 11 is 6.23. The molecule has 1 N–H and O–H groups in total. The second kappa shape index (κ2) is 14.6. The number of nitrogens with one attached hydrogen (secondary N) is 1. The number of rotatable bonds is 12. The van der Waals surface area contributed by atoms with Gasteiger partial charge in [0, 0.05) is 23.7 Å². The molecule has 1 unspecified atom stereocenters. The predicted octanol–water partition coefficient (Wildman–Crippen LogP) is 5.42. The number of anilines is 1. The van der Waals surface area contributed by atoms with Crippen LogP contribution >= 0.6 is 11.6 Å². The van der Waals surface area contributed by atoms with Crippen LogP contribution in [0.1, 0.15) is 44.6 Å². The van der Waals surface area contributed by atoms with Crippen molar-refractivity contribution >= 4 is 39.1 Å². The van der Waals surface area contributed by atoms with Gasteiger partial charge in [-0.2, -0.15) is 0 Å². The van der Waals surface area contributed by atoms with Crippen molar-refractivity contribution in [1.29, 1.82) is 0 Å². The summed E-state index contributed by atoms with van der Waals surface area (Å²) in [5.74, 6) is -0.131. The van der Waals surface area contributed by atoms with Crippen molar-refractivity contribution in [2.75, 3.05) is 25.1 Å². The van der Waals surface area contributed by atoms with Crippen LogP contribution in [0.3, 0.4) is 0 Å². The molecular weight excluding hydrogens is 590 g/mol. The van der Waals surface area contributed by atoms with E-state index in [0.717, 1.165) is 36.4 Å². The fraction of sp³-hybridized carbons (Fsp3) is 0.375. The summed E-state index contributed by atoms with van der Waals surface area (Å²) < 4.78 is 39.8. The third-order valence-electron chi connectivity index (χ3n) is 7.63. The van der Waals surface area contributed by atoms with Crippen LogP contribution in [-0.2, 0) is 26.2 Å². The van der Waals surface area contributed by atoms with E-state index in [1.807, 2.05) is 6.07 Å². The molecule has 1 aliphatic carbocycles. The molecule has 0 aromatic heterocycles. The lowest BCUT2D eigenvalue weighted by Crippen LogP contribution is -2.53. The normalized spacial score (nSPS) is 14.4. The number of halogens is 1. The molecular formula is C32H38ClN3O6S. The van der Waals surface area contributed by atoms with E-state index in [-0.39, 0.29) is 29.1 Å². The summed E-state index contributed by atoms with van der Waals surface area (Å²) in [7, 11) is -1.28. The summed E-state index contributed by atoms with van der Waals surface area (Å²) in [5, 5.41) is 3.59. The maximum Gasteiger partial charge on any atom is 0.264 e. The van der Waals surface area contributed by atoms with Gasteiger partial charge in [-0.3, -0.25) is 13.9 Å². The van der Waals surface area contributed by atoms with Crippen molar-refractivity contribution in [2.24, 2.45) is 0 Å². The highest BCUT2D eigenvalue weighted by atomic mass is 35.5. The first-order valence-corrected chi connectivity index (χ1v) is 16.1. The van der Waals surface area contributed by atoms with Crippen LogP contribution in [0.5, 0.6) is 11.5 Å². The second-order valence-corrected chi connectivity index (χ2v) is 12.8. The summed E-state index contributed by atoms with van der Waals surface area (Å²) in [4.78, 5) is 29.0. The average molecular weight is 628 g/mol. The lowest BCUT2D eigenvalue weighted by Gasteiger charge is -2.33. The van der Waals surface area contributed by atoms with Gasteiger partial charge in [-0.25, -0.2) is 8.42 Å². The molecule has 0 heterocycles. The molecule has 2 amide bonds. The fourth-order valence-electron chi connectivity index (χ4n) is 5.21. The van der Waals surface area contributed by atoms with Crippen LogP contribution in [0.25, 0.3) is 0 Å². The number of carbonyl (C=O) groups is 2. The number of benzene rings is 3. The largest absolute Gasteiger partial charge is 0.493 e. The standard InChI is InChI=1S/C32H38ClN3O6S/c1-23(32(38)34-26-13-6-4-7-14-26)35(21-24-11-10-12-25(33)19-24)31(37)22-36(43(39,40)28-15-8-5-9-16-28)27-17-18-29(41-2)30(20-27)42-3/h5,8-12,15-20,23,26H,4,6-7,13-14,21-22H2,1-3H3,(H,34,38). The Morgan fingerprint density at radius 2 is 1.63 bits per heavy atom. The minimum Gasteiger partial charge on any atom is -0.493 e. The van der Waals surface area contributed by atoms with Crippen molar-refractivity contribution in [1.82, 2.24) is 10.2 Å². The molecule has 1 fully saturated rings. The number of amides is 2. The Kier molecular flexibility index (Phi) is 10.9. The van der Waals surface area contributed by atoms with Gasteiger partial charge in [0.1, 0.15) is 12.6 Å². The van der Waals surface area contributed by atoms with Gasteiger partial charge in [-0.1, -0.05) is 61.2 Å². The third kappa shape index (κ3) is 8.00. The smallest absolute Gasteiger partial charge is 0.264 e. The lowest BCUT2D eigenvalue weighted by molar-refractivity contribution is -0.139. The zero-order valence-electron chi connectivity index (χ0n) is 24.7. The van der Waals surface area contributed by atoms with E-state index in [1.165, 1.54) is 37.3 Å². The van der Waals surface area contributed by atoms with E-state index in [1.54, 1.807) is 55.5 Å². The van der Waals surface area contributed by atoms with Crippen molar-refractivity contribution in [3.8, 4) is 11.5 Å². The highest BCUT2D eigenvalue weighted by Crippen LogP contribution is 2.34. The van der Waals surface area contributed by atoms with E-state index in [4.69, 9.17) is 21.1 Å². The summed E-state index contributed by atoms with van der Waals surface area (Å²) in [5.41, 5.74) is 0.915. The van der Waals surface area contributed by atoms with Gasteiger partial charge < -0.3 is 19.7 Å². The molecule has 1 aliphatic rings. The molecule has 0 bridgehead atoms. The van der Waals surface area contributed by atoms with Crippen LogP contribution in [0, 0.1) is 0 Å². The number of hydrogen-bond donors (Lipinski definition) is 1. The van der Waals surface area contributed by atoms with Crippen molar-refractivity contribution in [2.45, 2.75) is 62.6 Å². The molecule has 11 heteroatoms. The molecule has 1 saturated carbocycles. The molecule has 9 nitrogen and oxygen atoms in total. The Bertz CT molecular complexity index is 1510. The van der Waals surface area contributed by atoms with Crippen LogP contribution in [-0.4, -0.2) is 58.0 Å². The van der Waals surface area contributed by atoms with Gasteiger partial charge in [-0.05, 0) is 61.7 Å². The number of methoxy groups -OCH3 is 2. The van der Waals surface area contributed by atoms with Crippen molar-refractivity contribution < 1.29 is 27.5 Å². The van der Waals surface area contributed by atoms with Gasteiger partial charge in [-0.15, -0.1) is 0 Å². The second-order valence-electron chi connectivity index (χ2n) is 10.5. The van der Waals surface area contributed by atoms with Gasteiger partial charge in [0.25, 0.3) is 10.0 Å². The van der Waals surface area contributed by atoms with E-state index >= 15 is 0 Å². The molecule has 43 heavy (non-hydrogen) atoms. The maximum absolute atomic E-state index is 14.2. The van der Waals surface area contributed by atoms with Gasteiger partial charge in [0.05, 0.1) is 24.8 Å². The molecule has 3 aromatic carbocycles. The number of ether oxygens (including phenoxy) is 2. The summed E-state index contributed by atoms with van der Waals surface area (Å²) in [6.07, 6.45) is 5.01. The molecule has 3 aromatic rings. The van der Waals surface area contributed by atoms with Crippen LogP contribution in [0.2, 0.25) is 5.02 Å². The van der Waals surface area contributed by atoms with Crippen LogP contribution in [0.4, 0.5) is 5.69 Å². The van der Waals surface area contributed by atoms with Gasteiger partial charge in [0.2, 0.25) is 11.8 Å². The first-order chi connectivity index (χ1) is 20.6. The molecule has 0 saturated heterocycles. The Labute approximate surface area is 258 Å². The number of carbonyl (C=O) groups excluding carboxylic acids is 2. The minimum atomic E-state index is -4.21. The van der Waals surface area contributed by atoms with E-state index in [9.17, 15) is 18.0 Å². The zero-order valence-corrected chi connectivity index (χ0v) is 26.2. The Morgan fingerprint density at radius 1 is 0.930 bits per heavy atom. The number of sulfonamides is 1. The monoisotopic (exact) mass is 627 g/mol. The highest BCUT2D eigenvalue weighted by Gasteiger charge is 2.33. The third-order valence-corrected chi connectivity index (χ3v) is 9.65. The van der Waals surface area contributed by atoms with E-state index in [2.05, 4.69) is 5.32 Å². The quantitative estimate of drug-likeness (QED) is 0.288. The zero-order chi connectivity index (χ0) is 31.0. The SMILES string of the molecule is COc1ccc(N(CC(=O)N(Cc2cccc(Cl)c2)C(C)C(=O)NC2CCCCC2)S(=O)(=O)c2ccccc2)cc1OC. The fourth-order valence-corrected chi connectivity index (χ4v) is 6.85.